The van der Waals surface area contributed by atoms with Crippen LogP contribution in [0.2, 0.25) is 0 Å². The van der Waals surface area contributed by atoms with E-state index in [1.807, 2.05) is 17.1 Å². The molecule has 1 aromatic heterocycles. The van der Waals surface area contributed by atoms with Gasteiger partial charge in [0.05, 0.1) is 18.4 Å². The molecule has 2 aromatic rings. The van der Waals surface area contributed by atoms with Crippen molar-refractivity contribution >= 4 is 5.69 Å². The number of anilines is 1. The monoisotopic (exact) mass is 290 g/mol. The van der Waals surface area contributed by atoms with Crippen LogP contribution in [0.5, 0.6) is 0 Å². The standard InChI is InChI=1S/C16H23FN4/c1-3-20(4-2)9-10-21-13-16(12-19-21)18-11-14-5-7-15(17)8-6-14/h5-8,12-13,18H,3-4,9-11H2,1-2H3. The molecule has 0 saturated heterocycles. The van der Waals surface area contributed by atoms with Gasteiger partial charge in [-0.15, -0.1) is 0 Å². The zero-order chi connectivity index (χ0) is 15.1. The fourth-order valence-corrected chi connectivity index (χ4v) is 2.17. The molecule has 0 saturated carbocycles. The van der Waals surface area contributed by atoms with Crippen molar-refractivity contribution in [3.05, 3.63) is 48.0 Å². The van der Waals surface area contributed by atoms with E-state index in [4.69, 9.17) is 0 Å². The fraction of sp³-hybridized carbons (Fsp3) is 0.438. The van der Waals surface area contributed by atoms with Gasteiger partial charge in [-0.25, -0.2) is 4.39 Å². The predicted molar refractivity (Wildman–Crippen MR) is 83.7 cm³/mol. The minimum Gasteiger partial charge on any atom is -0.378 e. The Morgan fingerprint density at radius 3 is 2.57 bits per heavy atom. The maximum absolute atomic E-state index is 12.8. The Labute approximate surface area is 125 Å². The molecule has 0 amide bonds. The fourth-order valence-electron chi connectivity index (χ4n) is 2.17. The molecular formula is C16H23FN4. The number of hydrogen-bond donors (Lipinski definition) is 1. The highest BCUT2D eigenvalue weighted by Gasteiger charge is 2.02. The quantitative estimate of drug-likeness (QED) is 0.811. The molecule has 0 fully saturated rings. The molecule has 21 heavy (non-hydrogen) atoms. The highest BCUT2D eigenvalue weighted by molar-refractivity contribution is 5.39. The van der Waals surface area contributed by atoms with Crippen LogP contribution >= 0.6 is 0 Å². The summed E-state index contributed by atoms with van der Waals surface area (Å²) in [5, 5.41) is 7.65. The molecule has 4 nitrogen and oxygen atoms in total. The summed E-state index contributed by atoms with van der Waals surface area (Å²) >= 11 is 0. The Bertz CT molecular complexity index is 531. The molecule has 114 valence electrons. The van der Waals surface area contributed by atoms with Gasteiger partial charge >= 0.3 is 0 Å². The second kappa shape index (κ2) is 7.78. The summed E-state index contributed by atoms with van der Waals surface area (Å²) in [6, 6.07) is 6.52. The Kier molecular flexibility index (Phi) is 5.75. The molecule has 0 aliphatic heterocycles. The van der Waals surface area contributed by atoms with E-state index in [1.54, 1.807) is 12.1 Å². The van der Waals surface area contributed by atoms with Crippen LogP contribution in [-0.2, 0) is 13.1 Å². The van der Waals surface area contributed by atoms with E-state index < -0.39 is 0 Å². The summed E-state index contributed by atoms with van der Waals surface area (Å²) in [6.07, 6.45) is 3.83. The summed E-state index contributed by atoms with van der Waals surface area (Å²) in [5.74, 6) is -0.206. The SMILES string of the molecule is CCN(CC)CCn1cc(NCc2ccc(F)cc2)cn1. The number of nitrogens with one attached hydrogen (secondary N) is 1. The third-order valence-corrected chi connectivity index (χ3v) is 3.58. The molecule has 0 atom stereocenters. The second-order valence-corrected chi connectivity index (χ2v) is 5.00. The van der Waals surface area contributed by atoms with Crippen LogP contribution < -0.4 is 5.32 Å². The molecule has 5 heteroatoms. The van der Waals surface area contributed by atoms with E-state index in [0.29, 0.717) is 6.54 Å². The lowest BCUT2D eigenvalue weighted by Gasteiger charge is -2.17. The first-order valence-electron chi connectivity index (χ1n) is 7.44. The smallest absolute Gasteiger partial charge is 0.123 e. The van der Waals surface area contributed by atoms with Crippen LogP contribution in [0.15, 0.2) is 36.7 Å². The van der Waals surface area contributed by atoms with Gasteiger partial charge < -0.3 is 10.2 Å². The van der Waals surface area contributed by atoms with Gasteiger partial charge in [-0.3, -0.25) is 4.68 Å². The minimum absolute atomic E-state index is 0.206. The first kappa shape index (κ1) is 15.5. The van der Waals surface area contributed by atoms with Crippen LogP contribution in [0.1, 0.15) is 19.4 Å². The van der Waals surface area contributed by atoms with Gasteiger partial charge in [-0.2, -0.15) is 5.10 Å². The average molecular weight is 290 g/mol. The molecule has 0 aliphatic rings. The Balaban J connectivity index is 1.81. The number of halogens is 1. The number of hydrogen-bond acceptors (Lipinski definition) is 3. The molecule has 1 N–H and O–H groups in total. The first-order chi connectivity index (χ1) is 10.2. The van der Waals surface area contributed by atoms with Crippen molar-refractivity contribution < 1.29 is 4.39 Å². The van der Waals surface area contributed by atoms with Crippen molar-refractivity contribution in [1.29, 1.82) is 0 Å². The van der Waals surface area contributed by atoms with Crippen LogP contribution in [0, 0.1) is 5.82 Å². The van der Waals surface area contributed by atoms with Crippen molar-refractivity contribution in [2.75, 3.05) is 25.0 Å². The molecule has 0 radical (unpaired) electrons. The van der Waals surface area contributed by atoms with Crippen LogP contribution in [0.3, 0.4) is 0 Å². The van der Waals surface area contributed by atoms with Gasteiger partial charge in [-0.05, 0) is 30.8 Å². The van der Waals surface area contributed by atoms with E-state index >= 15 is 0 Å². The average Bonchev–Trinajstić information content (AvgIpc) is 2.96. The Morgan fingerprint density at radius 2 is 1.90 bits per heavy atom. The number of benzene rings is 1. The van der Waals surface area contributed by atoms with Crippen LogP contribution in [-0.4, -0.2) is 34.3 Å². The third-order valence-electron chi connectivity index (χ3n) is 3.58. The molecule has 2 rings (SSSR count). The molecule has 1 aromatic carbocycles. The minimum atomic E-state index is -0.206. The van der Waals surface area contributed by atoms with Crippen LogP contribution in [0.4, 0.5) is 10.1 Å². The Hall–Kier alpha value is -1.88. The maximum atomic E-state index is 12.8. The topological polar surface area (TPSA) is 33.1 Å². The van der Waals surface area contributed by atoms with Crippen molar-refractivity contribution in [3.63, 3.8) is 0 Å². The van der Waals surface area contributed by atoms with E-state index in [2.05, 4.69) is 29.2 Å². The van der Waals surface area contributed by atoms with Gasteiger partial charge in [0.15, 0.2) is 0 Å². The van der Waals surface area contributed by atoms with Gasteiger partial charge in [0.2, 0.25) is 0 Å². The van der Waals surface area contributed by atoms with Gasteiger partial charge in [0.25, 0.3) is 0 Å². The van der Waals surface area contributed by atoms with Gasteiger partial charge in [0, 0.05) is 19.3 Å². The summed E-state index contributed by atoms with van der Waals surface area (Å²) in [5.41, 5.74) is 2.03. The van der Waals surface area contributed by atoms with E-state index in [0.717, 1.165) is 37.4 Å². The molecule has 0 unspecified atom stereocenters. The molecular weight excluding hydrogens is 267 g/mol. The van der Waals surface area contributed by atoms with Gasteiger partial charge in [0.1, 0.15) is 5.82 Å². The first-order valence-corrected chi connectivity index (χ1v) is 7.44. The molecule has 0 bridgehead atoms. The number of nitrogens with zero attached hydrogens (tertiary/aromatic N) is 3. The zero-order valence-corrected chi connectivity index (χ0v) is 12.7. The highest BCUT2D eigenvalue weighted by atomic mass is 19.1. The lowest BCUT2D eigenvalue weighted by Crippen LogP contribution is -2.27. The predicted octanol–water partition coefficient (Wildman–Crippen LogP) is 2.98. The normalized spacial score (nSPS) is 11.0. The number of likely N-dealkylation sites (N-methyl/N-ethyl adjacent to an activating group) is 1. The second-order valence-electron chi connectivity index (χ2n) is 5.00. The summed E-state index contributed by atoms with van der Waals surface area (Å²) in [4.78, 5) is 2.37. The molecule has 0 aliphatic carbocycles. The Morgan fingerprint density at radius 1 is 1.19 bits per heavy atom. The number of aromatic nitrogens is 2. The summed E-state index contributed by atoms with van der Waals surface area (Å²) in [6.45, 7) is 9.03. The molecule has 1 heterocycles. The third kappa shape index (κ3) is 4.86. The van der Waals surface area contributed by atoms with Crippen LogP contribution in [0.25, 0.3) is 0 Å². The van der Waals surface area contributed by atoms with Gasteiger partial charge in [-0.1, -0.05) is 26.0 Å². The van der Waals surface area contributed by atoms with Crippen molar-refractivity contribution in [2.45, 2.75) is 26.9 Å². The number of rotatable bonds is 8. The van der Waals surface area contributed by atoms with E-state index in [-0.39, 0.29) is 5.82 Å². The van der Waals surface area contributed by atoms with E-state index in [1.165, 1.54) is 12.1 Å². The lowest BCUT2D eigenvalue weighted by atomic mass is 10.2. The lowest BCUT2D eigenvalue weighted by molar-refractivity contribution is 0.285. The molecule has 0 spiro atoms. The van der Waals surface area contributed by atoms with Crippen molar-refractivity contribution in [1.82, 2.24) is 14.7 Å². The highest BCUT2D eigenvalue weighted by Crippen LogP contribution is 2.09. The summed E-state index contributed by atoms with van der Waals surface area (Å²) in [7, 11) is 0. The maximum Gasteiger partial charge on any atom is 0.123 e. The summed E-state index contributed by atoms with van der Waals surface area (Å²) < 4.78 is 14.8. The largest absolute Gasteiger partial charge is 0.378 e. The zero-order valence-electron chi connectivity index (χ0n) is 12.7. The van der Waals surface area contributed by atoms with Crippen molar-refractivity contribution in [2.24, 2.45) is 0 Å². The van der Waals surface area contributed by atoms with Crippen molar-refractivity contribution in [3.8, 4) is 0 Å². The van der Waals surface area contributed by atoms with E-state index in [9.17, 15) is 4.39 Å².